The molecule has 2 nitrogen and oxygen atoms in total. The van der Waals surface area contributed by atoms with Crippen molar-refractivity contribution >= 4 is 27.5 Å². The Bertz CT molecular complexity index is 605. The fourth-order valence-corrected chi connectivity index (χ4v) is 3.51. The van der Waals surface area contributed by atoms with Crippen LogP contribution in [0.25, 0.3) is 0 Å². The highest BCUT2D eigenvalue weighted by Gasteiger charge is 2.27. The minimum absolute atomic E-state index is 0.176. The SMILES string of the molecule is NCC(c1cc(Cl)ccc1Br)N1Cc2ccccc2C1. The minimum atomic E-state index is 0.176. The van der Waals surface area contributed by atoms with Gasteiger partial charge in [-0.2, -0.15) is 0 Å². The number of hydrogen-bond acceptors (Lipinski definition) is 2. The molecule has 104 valence electrons. The fraction of sp³-hybridized carbons (Fsp3) is 0.250. The Balaban J connectivity index is 1.91. The molecule has 1 atom stereocenters. The standard InChI is InChI=1S/C16H16BrClN2/c17-15-6-5-13(18)7-14(15)16(8-19)20-9-11-3-1-2-4-12(11)10-20/h1-7,16H,8-10,19H2. The molecule has 1 unspecified atom stereocenters. The largest absolute Gasteiger partial charge is 0.329 e. The molecular formula is C16H16BrClN2. The zero-order chi connectivity index (χ0) is 14.1. The van der Waals surface area contributed by atoms with Gasteiger partial charge in [0.05, 0.1) is 0 Å². The Morgan fingerprint density at radius 3 is 2.40 bits per heavy atom. The van der Waals surface area contributed by atoms with Crippen LogP contribution in [0.4, 0.5) is 0 Å². The van der Waals surface area contributed by atoms with E-state index < -0.39 is 0 Å². The Kier molecular flexibility index (Phi) is 4.13. The van der Waals surface area contributed by atoms with E-state index in [0.717, 1.165) is 28.1 Å². The summed E-state index contributed by atoms with van der Waals surface area (Å²) in [4.78, 5) is 2.40. The molecule has 1 aliphatic heterocycles. The number of nitrogens with two attached hydrogens (primary N) is 1. The Labute approximate surface area is 132 Å². The summed E-state index contributed by atoms with van der Waals surface area (Å²) < 4.78 is 1.06. The number of fused-ring (bicyclic) bond motifs is 1. The van der Waals surface area contributed by atoms with Crippen molar-refractivity contribution in [3.63, 3.8) is 0 Å². The van der Waals surface area contributed by atoms with Crippen LogP contribution >= 0.6 is 27.5 Å². The second-order valence-corrected chi connectivity index (χ2v) is 6.38. The zero-order valence-corrected chi connectivity index (χ0v) is 13.4. The second-order valence-electron chi connectivity index (χ2n) is 5.09. The van der Waals surface area contributed by atoms with E-state index in [0.29, 0.717) is 6.54 Å². The molecule has 0 fully saturated rings. The second kappa shape index (κ2) is 5.86. The van der Waals surface area contributed by atoms with Crippen molar-refractivity contribution in [3.05, 3.63) is 68.7 Å². The van der Waals surface area contributed by atoms with Gasteiger partial charge in [0.15, 0.2) is 0 Å². The van der Waals surface area contributed by atoms with Crippen LogP contribution in [0, 0.1) is 0 Å². The van der Waals surface area contributed by atoms with Gasteiger partial charge >= 0.3 is 0 Å². The third-order valence-electron chi connectivity index (χ3n) is 3.85. The molecule has 0 saturated carbocycles. The van der Waals surface area contributed by atoms with Crippen molar-refractivity contribution in [2.45, 2.75) is 19.1 Å². The van der Waals surface area contributed by atoms with Gasteiger partial charge in [-0.25, -0.2) is 0 Å². The number of hydrogen-bond donors (Lipinski definition) is 1. The summed E-state index contributed by atoms with van der Waals surface area (Å²) in [5.41, 5.74) is 9.98. The molecule has 4 heteroatoms. The van der Waals surface area contributed by atoms with Crippen LogP contribution in [0.3, 0.4) is 0 Å². The molecule has 0 saturated heterocycles. The molecule has 0 amide bonds. The van der Waals surface area contributed by atoms with Crippen molar-refractivity contribution in [2.24, 2.45) is 5.73 Å². The highest BCUT2D eigenvalue weighted by molar-refractivity contribution is 9.10. The lowest BCUT2D eigenvalue weighted by molar-refractivity contribution is 0.204. The number of rotatable bonds is 3. The number of halogens is 2. The molecule has 0 aliphatic carbocycles. The van der Waals surface area contributed by atoms with Crippen LogP contribution in [-0.2, 0) is 13.1 Å². The third-order valence-corrected chi connectivity index (χ3v) is 4.80. The van der Waals surface area contributed by atoms with Gasteiger partial charge in [-0.3, -0.25) is 4.90 Å². The lowest BCUT2D eigenvalue weighted by Crippen LogP contribution is -2.29. The van der Waals surface area contributed by atoms with Crippen LogP contribution in [0.2, 0.25) is 5.02 Å². The lowest BCUT2D eigenvalue weighted by Gasteiger charge is -2.27. The lowest BCUT2D eigenvalue weighted by atomic mass is 10.1. The zero-order valence-electron chi connectivity index (χ0n) is 11.0. The van der Waals surface area contributed by atoms with E-state index in [1.165, 1.54) is 11.1 Å². The van der Waals surface area contributed by atoms with Crippen molar-refractivity contribution in [2.75, 3.05) is 6.54 Å². The van der Waals surface area contributed by atoms with Gasteiger partial charge in [0.1, 0.15) is 0 Å². The maximum Gasteiger partial charge on any atom is 0.0489 e. The highest BCUT2D eigenvalue weighted by atomic mass is 79.9. The van der Waals surface area contributed by atoms with Crippen LogP contribution in [0.15, 0.2) is 46.9 Å². The molecule has 3 rings (SSSR count). The van der Waals surface area contributed by atoms with Crippen molar-refractivity contribution in [1.29, 1.82) is 0 Å². The van der Waals surface area contributed by atoms with E-state index in [-0.39, 0.29) is 6.04 Å². The minimum Gasteiger partial charge on any atom is -0.329 e. The summed E-state index contributed by atoms with van der Waals surface area (Å²) in [5.74, 6) is 0. The Hall–Kier alpha value is -0.870. The van der Waals surface area contributed by atoms with Crippen molar-refractivity contribution in [3.8, 4) is 0 Å². The third kappa shape index (κ3) is 2.63. The molecule has 0 aromatic heterocycles. The molecule has 1 aliphatic rings. The molecule has 2 N–H and O–H groups in total. The summed E-state index contributed by atoms with van der Waals surface area (Å²) in [6.45, 7) is 2.46. The van der Waals surface area contributed by atoms with Crippen molar-refractivity contribution < 1.29 is 0 Å². The number of nitrogens with zero attached hydrogens (tertiary/aromatic N) is 1. The van der Waals surface area contributed by atoms with Gasteiger partial charge in [-0.1, -0.05) is 51.8 Å². The van der Waals surface area contributed by atoms with E-state index in [9.17, 15) is 0 Å². The van der Waals surface area contributed by atoms with Gasteiger partial charge < -0.3 is 5.73 Å². The van der Waals surface area contributed by atoms with E-state index in [1.54, 1.807) is 0 Å². The summed E-state index contributed by atoms with van der Waals surface area (Å²) in [6, 6.07) is 14.6. The van der Waals surface area contributed by atoms with Gasteiger partial charge in [-0.05, 0) is 34.9 Å². The maximum atomic E-state index is 6.13. The topological polar surface area (TPSA) is 29.3 Å². The van der Waals surface area contributed by atoms with E-state index >= 15 is 0 Å². The van der Waals surface area contributed by atoms with Gasteiger partial charge in [-0.15, -0.1) is 0 Å². The normalized spacial score (nSPS) is 16.1. The van der Waals surface area contributed by atoms with Gasteiger partial charge in [0.2, 0.25) is 0 Å². The van der Waals surface area contributed by atoms with E-state index in [2.05, 4.69) is 45.1 Å². The average Bonchev–Trinajstić information content (AvgIpc) is 2.87. The van der Waals surface area contributed by atoms with E-state index in [4.69, 9.17) is 17.3 Å². The quantitative estimate of drug-likeness (QED) is 0.901. The molecule has 0 bridgehead atoms. The summed E-state index contributed by atoms with van der Waals surface area (Å²) in [5, 5.41) is 0.748. The predicted molar refractivity (Wildman–Crippen MR) is 86.6 cm³/mol. The monoisotopic (exact) mass is 350 g/mol. The predicted octanol–water partition coefficient (Wildman–Crippen LogP) is 4.12. The fourth-order valence-electron chi connectivity index (χ4n) is 2.82. The first-order chi connectivity index (χ1) is 9.69. The molecule has 1 heterocycles. The van der Waals surface area contributed by atoms with Crippen LogP contribution in [0.5, 0.6) is 0 Å². The summed E-state index contributed by atoms with van der Waals surface area (Å²) in [7, 11) is 0. The van der Waals surface area contributed by atoms with Crippen molar-refractivity contribution in [1.82, 2.24) is 4.90 Å². The smallest absolute Gasteiger partial charge is 0.0489 e. The molecule has 0 spiro atoms. The first-order valence-corrected chi connectivity index (χ1v) is 7.82. The molecule has 2 aromatic rings. The van der Waals surface area contributed by atoms with Crippen LogP contribution in [-0.4, -0.2) is 11.4 Å². The number of benzene rings is 2. The molecule has 20 heavy (non-hydrogen) atoms. The van der Waals surface area contributed by atoms with E-state index in [1.807, 2.05) is 18.2 Å². The maximum absolute atomic E-state index is 6.13. The van der Waals surface area contributed by atoms with Crippen LogP contribution < -0.4 is 5.73 Å². The molecule has 2 aromatic carbocycles. The van der Waals surface area contributed by atoms with Gasteiger partial charge in [0.25, 0.3) is 0 Å². The summed E-state index contributed by atoms with van der Waals surface area (Å²) in [6.07, 6.45) is 0. The first kappa shape index (κ1) is 14.1. The Morgan fingerprint density at radius 2 is 1.80 bits per heavy atom. The van der Waals surface area contributed by atoms with Crippen LogP contribution in [0.1, 0.15) is 22.7 Å². The molecular weight excluding hydrogens is 336 g/mol. The first-order valence-electron chi connectivity index (χ1n) is 6.65. The highest BCUT2D eigenvalue weighted by Crippen LogP contribution is 2.35. The average molecular weight is 352 g/mol. The van der Waals surface area contributed by atoms with Gasteiger partial charge in [0, 0.05) is 35.2 Å². The molecule has 0 radical (unpaired) electrons. The Morgan fingerprint density at radius 1 is 1.15 bits per heavy atom. The summed E-state index contributed by atoms with van der Waals surface area (Å²) >= 11 is 9.75.